The van der Waals surface area contributed by atoms with Gasteiger partial charge in [0.2, 0.25) is 5.91 Å². The van der Waals surface area contributed by atoms with Crippen LogP contribution in [-0.2, 0) is 4.79 Å². The van der Waals surface area contributed by atoms with Gasteiger partial charge < -0.3 is 15.3 Å². The number of aliphatic hydroxyl groups is 1. The molecule has 4 heteroatoms. The second-order valence-electron chi connectivity index (χ2n) is 6.12. The lowest BCUT2D eigenvalue weighted by molar-refractivity contribution is -0.123. The number of carbonyl (C=O) groups excluding carboxylic acids is 1. The van der Waals surface area contributed by atoms with Crippen molar-refractivity contribution in [1.29, 1.82) is 0 Å². The van der Waals surface area contributed by atoms with Crippen LogP contribution in [0.1, 0.15) is 36.5 Å². The molecule has 0 fully saturated rings. The number of rotatable bonds is 7. The Balaban J connectivity index is 1.95. The fraction of sp³-hybridized carbons (Fsp3) is 0.350. The summed E-state index contributed by atoms with van der Waals surface area (Å²) in [4.78, 5) is 14.4. The summed E-state index contributed by atoms with van der Waals surface area (Å²) in [5, 5.41) is 13.2. The van der Waals surface area contributed by atoms with Crippen molar-refractivity contribution in [2.75, 3.05) is 25.5 Å². The van der Waals surface area contributed by atoms with Crippen LogP contribution >= 0.6 is 0 Å². The molecule has 0 radical (unpaired) electrons. The normalized spacial score (nSPS) is 13.2. The molecule has 4 nitrogen and oxygen atoms in total. The molecule has 2 unspecified atom stereocenters. The van der Waals surface area contributed by atoms with Crippen molar-refractivity contribution in [2.45, 2.75) is 25.4 Å². The second kappa shape index (κ2) is 8.50. The standard InChI is InChI=1S/C20H26N2O2/c1-4-18(15-8-6-5-7-9-15)20(24)21-14-19(23)16-10-12-17(13-11-16)22(2)3/h5-13,18-19,23H,4,14H2,1-3H3,(H,21,24). The Morgan fingerprint density at radius 3 is 2.21 bits per heavy atom. The Labute approximate surface area is 144 Å². The van der Waals surface area contributed by atoms with Crippen LogP contribution in [0, 0.1) is 0 Å². The molecule has 0 heterocycles. The quantitative estimate of drug-likeness (QED) is 0.822. The van der Waals surface area contributed by atoms with E-state index in [9.17, 15) is 9.90 Å². The van der Waals surface area contributed by atoms with Crippen LogP contribution in [-0.4, -0.2) is 31.7 Å². The summed E-state index contributed by atoms with van der Waals surface area (Å²) in [6.45, 7) is 2.21. The van der Waals surface area contributed by atoms with Gasteiger partial charge in [-0.25, -0.2) is 0 Å². The molecule has 2 N–H and O–H groups in total. The number of anilines is 1. The molecule has 0 spiro atoms. The van der Waals surface area contributed by atoms with Crippen LogP contribution in [0.3, 0.4) is 0 Å². The van der Waals surface area contributed by atoms with Gasteiger partial charge in [-0.3, -0.25) is 4.79 Å². The van der Waals surface area contributed by atoms with Crippen LogP contribution < -0.4 is 10.2 Å². The van der Waals surface area contributed by atoms with Crippen molar-refractivity contribution in [3.8, 4) is 0 Å². The van der Waals surface area contributed by atoms with Crippen LogP contribution in [0.4, 0.5) is 5.69 Å². The highest BCUT2D eigenvalue weighted by Gasteiger charge is 2.19. The minimum Gasteiger partial charge on any atom is -0.387 e. The Kier molecular flexibility index (Phi) is 6.38. The zero-order chi connectivity index (χ0) is 17.5. The lowest BCUT2D eigenvalue weighted by Crippen LogP contribution is -2.32. The first-order valence-corrected chi connectivity index (χ1v) is 8.31. The van der Waals surface area contributed by atoms with E-state index in [1.807, 2.05) is 80.5 Å². The zero-order valence-electron chi connectivity index (χ0n) is 14.6. The van der Waals surface area contributed by atoms with Crippen LogP contribution in [0.15, 0.2) is 54.6 Å². The molecule has 0 bridgehead atoms. The minimum absolute atomic E-state index is 0.0485. The molecule has 0 saturated heterocycles. The van der Waals surface area contributed by atoms with E-state index in [2.05, 4.69) is 5.32 Å². The van der Waals surface area contributed by atoms with Crippen LogP contribution in [0.25, 0.3) is 0 Å². The van der Waals surface area contributed by atoms with Crippen molar-refractivity contribution >= 4 is 11.6 Å². The predicted molar refractivity (Wildman–Crippen MR) is 98.2 cm³/mol. The summed E-state index contributed by atoms with van der Waals surface area (Å²) >= 11 is 0. The van der Waals surface area contributed by atoms with Gasteiger partial charge in [-0.15, -0.1) is 0 Å². The first-order chi connectivity index (χ1) is 11.5. The van der Waals surface area contributed by atoms with E-state index in [0.29, 0.717) is 0 Å². The Hall–Kier alpha value is -2.33. The maximum atomic E-state index is 12.4. The van der Waals surface area contributed by atoms with Gasteiger partial charge in [-0.1, -0.05) is 49.4 Å². The molecule has 0 saturated carbocycles. The molecule has 0 aliphatic heterocycles. The molecule has 0 aromatic heterocycles. The number of aliphatic hydroxyl groups excluding tert-OH is 1. The second-order valence-corrected chi connectivity index (χ2v) is 6.12. The van der Waals surface area contributed by atoms with Gasteiger partial charge in [0.1, 0.15) is 0 Å². The number of nitrogens with one attached hydrogen (secondary N) is 1. The third kappa shape index (κ3) is 4.59. The largest absolute Gasteiger partial charge is 0.387 e. The molecule has 128 valence electrons. The highest BCUT2D eigenvalue weighted by Crippen LogP contribution is 2.20. The minimum atomic E-state index is -0.710. The van der Waals surface area contributed by atoms with Crippen LogP contribution in [0.5, 0.6) is 0 Å². The highest BCUT2D eigenvalue weighted by molar-refractivity contribution is 5.83. The van der Waals surface area contributed by atoms with Gasteiger partial charge in [0.05, 0.1) is 12.0 Å². The Morgan fingerprint density at radius 2 is 1.67 bits per heavy atom. The summed E-state index contributed by atoms with van der Waals surface area (Å²) in [5.41, 5.74) is 2.88. The summed E-state index contributed by atoms with van der Waals surface area (Å²) in [5.74, 6) is -0.234. The average Bonchev–Trinajstić information content (AvgIpc) is 2.61. The third-order valence-corrected chi connectivity index (χ3v) is 4.19. The van der Waals surface area contributed by atoms with Crippen molar-refractivity contribution in [3.63, 3.8) is 0 Å². The van der Waals surface area contributed by atoms with E-state index in [0.717, 1.165) is 23.2 Å². The van der Waals surface area contributed by atoms with E-state index in [-0.39, 0.29) is 18.4 Å². The Morgan fingerprint density at radius 1 is 1.04 bits per heavy atom. The molecular weight excluding hydrogens is 300 g/mol. The van der Waals surface area contributed by atoms with Crippen molar-refractivity contribution in [2.24, 2.45) is 0 Å². The maximum absolute atomic E-state index is 12.4. The maximum Gasteiger partial charge on any atom is 0.227 e. The van der Waals surface area contributed by atoms with Crippen molar-refractivity contribution in [1.82, 2.24) is 5.32 Å². The number of carbonyl (C=O) groups is 1. The molecule has 2 atom stereocenters. The van der Waals surface area contributed by atoms with Gasteiger partial charge in [-0.05, 0) is 29.7 Å². The monoisotopic (exact) mass is 326 g/mol. The SMILES string of the molecule is CCC(C(=O)NCC(O)c1ccc(N(C)C)cc1)c1ccccc1. The van der Waals surface area contributed by atoms with E-state index in [4.69, 9.17) is 0 Å². The van der Waals surface area contributed by atoms with Gasteiger partial charge in [0.25, 0.3) is 0 Å². The molecule has 2 aromatic carbocycles. The summed E-state index contributed by atoms with van der Waals surface area (Å²) in [6, 6.07) is 17.4. The fourth-order valence-electron chi connectivity index (χ4n) is 2.69. The predicted octanol–water partition coefficient (Wildman–Crippen LogP) is 3.10. The average molecular weight is 326 g/mol. The van der Waals surface area contributed by atoms with E-state index in [1.165, 1.54) is 0 Å². The zero-order valence-corrected chi connectivity index (χ0v) is 14.6. The number of nitrogens with zero attached hydrogens (tertiary/aromatic N) is 1. The van der Waals surface area contributed by atoms with E-state index in [1.54, 1.807) is 0 Å². The number of hydrogen-bond donors (Lipinski definition) is 2. The number of amides is 1. The van der Waals surface area contributed by atoms with Gasteiger partial charge >= 0.3 is 0 Å². The molecule has 0 aliphatic rings. The topological polar surface area (TPSA) is 52.6 Å². The van der Waals surface area contributed by atoms with Crippen molar-refractivity contribution in [3.05, 3.63) is 65.7 Å². The van der Waals surface area contributed by atoms with E-state index < -0.39 is 6.10 Å². The third-order valence-electron chi connectivity index (χ3n) is 4.19. The van der Waals surface area contributed by atoms with Gasteiger partial charge in [-0.2, -0.15) is 0 Å². The summed E-state index contributed by atoms with van der Waals surface area (Å²) in [6.07, 6.45) is 0.0159. The number of hydrogen-bond acceptors (Lipinski definition) is 3. The molecule has 24 heavy (non-hydrogen) atoms. The lowest BCUT2D eigenvalue weighted by atomic mass is 9.95. The van der Waals surface area contributed by atoms with Gasteiger partial charge in [0, 0.05) is 26.3 Å². The highest BCUT2D eigenvalue weighted by atomic mass is 16.3. The molecule has 2 aromatic rings. The molecule has 1 amide bonds. The molecule has 0 aliphatic carbocycles. The fourth-order valence-corrected chi connectivity index (χ4v) is 2.69. The van der Waals surface area contributed by atoms with Gasteiger partial charge in [0.15, 0.2) is 0 Å². The van der Waals surface area contributed by atoms with E-state index >= 15 is 0 Å². The first kappa shape index (κ1) is 18.0. The Bertz CT molecular complexity index is 638. The number of benzene rings is 2. The molecule has 2 rings (SSSR count). The van der Waals surface area contributed by atoms with Crippen LogP contribution in [0.2, 0.25) is 0 Å². The lowest BCUT2D eigenvalue weighted by Gasteiger charge is -2.18. The van der Waals surface area contributed by atoms with Crippen molar-refractivity contribution < 1.29 is 9.90 Å². The summed E-state index contributed by atoms with van der Waals surface area (Å²) in [7, 11) is 3.94. The molecular formula is C20H26N2O2. The summed E-state index contributed by atoms with van der Waals surface area (Å²) < 4.78 is 0. The smallest absolute Gasteiger partial charge is 0.227 e. The first-order valence-electron chi connectivity index (χ1n) is 8.31.